The number of piperidine rings is 1. The van der Waals surface area contributed by atoms with Crippen LogP contribution in [0.4, 0.5) is 5.13 Å². The third-order valence-corrected chi connectivity index (χ3v) is 10.4. The molecule has 1 amide bonds. The highest BCUT2D eigenvalue weighted by Crippen LogP contribution is 2.36. The van der Waals surface area contributed by atoms with Crippen LogP contribution in [0, 0.1) is 5.92 Å². The molecule has 0 saturated carbocycles. The van der Waals surface area contributed by atoms with Crippen molar-refractivity contribution in [1.29, 1.82) is 0 Å². The van der Waals surface area contributed by atoms with Crippen LogP contribution in [-0.4, -0.2) is 59.6 Å². The Morgan fingerprint density at radius 2 is 2.14 bits per heavy atom. The number of carbonyl (C=O) groups is 1. The molecule has 3 aromatic heterocycles. The number of sulfonamides is 1. The Balaban J connectivity index is 1.43. The van der Waals surface area contributed by atoms with Gasteiger partial charge in [0, 0.05) is 32.0 Å². The highest BCUT2D eigenvalue weighted by molar-refractivity contribution is 7.91. The topological polar surface area (TPSA) is 97.6 Å². The van der Waals surface area contributed by atoms with E-state index >= 15 is 0 Å². The maximum absolute atomic E-state index is 13.9. The third-order valence-electron chi connectivity index (χ3n) is 6.10. The summed E-state index contributed by atoms with van der Waals surface area (Å²) in [4.78, 5) is 20.4. The van der Waals surface area contributed by atoms with Gasteiger partial charge in [0.1, 0.15) is 15.5 Å². The van der Waals surface area contributed by atoms with Crippen molar-refractivity contribution in [2.75, 3.05) is 31.1 Å². The molecule has 5 rings (SSSR count). The van der Waals surface area contributed by atoms with Gasteiger partial charge in [-0.15, -0.1) is 11.3 Å². The first-order valence-corrected chi connectivity index (χ1v) is 15.0. The van der Waals surface area contributed by atoms with Crippen LogP contribution in [0.2, 0.25) is 0 Å². The molecule has 1 aromatic carbocycles. The Kier molecular flexibility index (Phi) is 7.37. The van der Waals surface area contributed by atoms with Gasteiger partial charge in [-0.2, -0.15) is 9.40 Å². The Labute approximate surface area is 218 Å². The lowest BCUT2D eigenvalue weighted by atomic mass is 9.98. The van der Waals surface area contributed by atoms with Crippen LogP contribution in [-0.2, 0) is 21.4 Å². The van der Waals surface area contributed by atoms with Gasteiger partial charge in [-0.1, -0.05) is 23.5 Å². The summed E-state index contributed by atoms with van der Waals surface area (Å²) in [5.41, 5.74) is 0.724. The zero-order valence-electron chi connectivity index (χ0n) is 19.8. The summed E-state index contributed by atoms with van der Waals surface area (Å²) in [5, 5.41) is 6.59. The summed E-state index contributed by atoms with van der Waals surface area (Å²) in [6.45, 7) is 3.88. The van der Waals surface area contributed by atoms with Crippen LogP contribution in [0.15, 0.2) is 58.4 Å². The molecule has 1 fully saturated rings. The number of aromatic nitrogens is 3. The second-order valence-corrected chi connectivity index (χ2v) is 12.5. The number of nitrogens with zero attached hydrogens (tertiary/aromatic N) is 5. The molecule has 4 heterocycles. The Hall–Kier alpha value is -2.80. The number of benzene rings is 1. The van der Waals surface area contributed by atoms with Gasteiger partial charge in [0.05, 0.1) is 23.8 Å². The maximum Gasteiger partial charge on any atom is 0.252 e. The highest BCUT2D eigenvalue weighted by atomic mass is 32.2. The summed E-state index contributed by atoms with van der Waals surface area (Å²) in [7, 11) is -3.62. The van der Waals surface area contributed by atoms with Crippen LogP contribution in [0.1, 0.15) is 19.8 Å². The predicted molar refractivity (Wildman–Crippen MR) is 141 cm³/mol. The molecule has 0 aliphatic carbocycles. The fraction of sp³-hybridized carbons (Fsp3) is 0.375. The van der Waals surface area contributed by atoms with E-state index in [0.717, 1.165) is 10.2 Å². The summed E-state index contributed by atoms with van der Waals surface area (Å²) in [6.07, 6.45) is 4.81. The Bertz CT molecular complexity index is 1420. The Morgan fingerprint density at radius 3 is 2.89 bits per heavy atom. The molecular formula is C24H27N5O4S3. The zero-order valence-corrected chi connectivity index (χ0v) is 22.3. The van der Waals surface area contributed by atoms with Crippen molar-refractivity contribution in [3.05, 3.63) is 54.2 Å². The molecular weight excluding hydrogens is 518 g/mol. The lowest BCUT2D eigenvalue weighted by Gasteiger charge is -2.33. The smallest absolute Gasteiger partial charge is 0.252 e. The summed E-state index contributed by atoms with van der Waals surface area (Å²) in [6, 6.07) is 10.9. The average Bonchev–Trinajstić information content (AvgIpc) is 3.67. The highest BCUT2D eigenvalue weighted by Gasteiger charge is 2.36. The molecule has 1 aliphatic heterocycles. The summed E-state index contributed by atoms with van der Waals surface area (Å²) in [5.74, 6) is 0.109. The van der Waals surface area contributed by atoms with E-state index in [1.54, 1.807) is 33.3 Å². The van der Waals surface area contributed by atoms with Gasteiger partial charge in [0.2, 0.25) is 5.91 Å². The molecule has 1 atom stereocenters. The van der Waals surface area contributed by atoms with Crippen LogP contribution >= 0.6 is 22.7 Å². The number of fused-ring (bicyclic) bond motifs is 1. The molecule has 1 unspecified atom stereocenters. The number of hydrogen-bond acceptors (Lipinski definition) is 8. The van der Waals surface area contributed by atoms with Crippen molar-refractivity contribution < 1.29 is 17.9 Å². The number of thiazole rings is 1. The normalized spacial score (nSPS) is 16.9. The minimum absolute atomic E-state index is 0.120. The summed E-state index contributed by atoms with van der Waals surface area (Å²) < 4.78 is 36.5. The van der Waals surface area contributed by atoms with Crippen LogP contribution in [0.25, 0.3) is 10.2 Å². The summed E-state index contributed by atoms with van der Waals surface area (Å²) >= 11 is 2.63. The van der Waals surface area contributed by atoms with E-state index in [2.05, 4.69) is 5.10 Å². The predicted octanol–water partition coefficient (Wildman–Crippen LogP) is 4.09. The van der Waals surface area contributed by atoms with E-state index < -0.39 is 15.9 Å². The van der Waals surface area contributed by atoms with E-state index in [4.69, 9.17) is 9.72 Å². The number of amides is 1. The Morgan fingerprint density at radius 1 is 1.25 bits per heavy atom. The van der Waals surface area contributed by atoms with Gasteiger partial charge in [0.15, 0.2) is 5.13 Å². The van der Waals surface area contributed by atoms with Gasteiger partial charge in [-0.3, -0.25) is 14.4 Å². The molecule has 1 saturated heterocycles. The van der Waals surface area contributed by atoms with Crippen molar-refractivity contribution in [3.8, 4) is 5.75 Å². The molecule has 0 spiro atoms. The van der Waals surface area contributed by atoms with Gasteiger partial charge in [-0.05, 0) is 49.4 Å². The van der Waals surface area contributed by atoms with Crippen molar-refractivity contribution in [2.45, 2.75) is 30.5 Å². The van der Waals surface area contributed by atoms with Gasteiger partial charge >= 0.3 is 0 Å². The number of ether oxygens (including phenoxy) is 1. The number of thiophene rings is 1. The second kappa shape index (κ2) is 10.7. The lowest BCUT2D eigenvalue weighted by molar-refractivity contribution is -0.123. The molecule has 1 aliphatic rings. The van der Waals surface area contributed by atoms with E-state index in [1.807, 2.05) is 37.4 Å². The van der Waals surface area contributed by atoms with Crippen LogP contribution < -0.4 is 9.64 Å². The van der Waals surface area contributed by atoms with Crippen LogP contribution in [0.5, 0.6) is 5.75 Å². The zero-order chi connectivity index (χ0) is 25.1. The first-order chi connectivity index (χ1) is 17.5. The molecule has 0 radical (unpaired) electrons. The largest absolute Gasteiger partial charge is 0.492 e. The SMILES string of the molecule is CCOc1cccc2sc(N(CCn3cccn3)C(=O)C3CCCN(S(=O)(=O)c4cccs4)C3)nc12. The third kappa shape index (κ3) is 5.03. The molecule has 12 heteroatoms. The quantitative estimate of drug-likeness (QED) is 0.314. The molecule has 4 aromatic rings. The maximum atomic E-state index is 13.9. The van der Waals surface area contributed by atoms with E-state index in [9.17, 15) is 13.2 Å². The van der Waals surface area contributed by atoms with E-state index in [-0.39, 0.29) is 12.5 Å². The molecule has 0 N–H and O–H groups in total. The fourth-order valence-corrected chi connectivity index (χ4v) is 8.04. The molecule has 9 nitrogen and oxygen atoms in total. The van der Waals surface area contributed by atoms with Crippen LogP contribution in [0.3, 0.4) is 0 Å². The van der Waals surface area contributed by atoms with Gasteiger partial charge < -0.3 is 4.74 Å². The van der Waals surface area contributed by atoms with Crippen molar-refractivity contribution >= 4 is 54.0 Å². The second-order valence-electron chi connectivity index (χ2n) is 8.43. The number of carbonyl (C=O) groups excluding carboxylic acids is 1. The van der Waals surface area contributed by atoms with E-state index in [1.165, 1.54) is 27.0 Å². The number of anilines is 1. The first kappa shape index (κ1) is 24.9. The van der Waals surface area contributed by atoms with E-state index in [0.29, 0.717) is 54.2 Å². The molecule has 36 heavy (non-hydrogen) atoms. The van der Waals surface area contributed by atoms with Gasteiger partial charge in [0.25, 0.3) is 10.0 Å². The fourth-order valence-electron chi connectivity index (χ4n) is 4.35. The standard InChI is InChI=1S/C24H27N5O4S3/c1-2-33-19-8-3-9-20-22(19)26-24(35-20)29(15-14-27-12-6-11-25-27)23(30)18-7-4-13-28(17-18)36(31,32)21-10-5-16-34-21/h3,5-6,8-12,16,18H,2,4,7,13-15,17H2,1H3. The monoisotopic (exact) mass is 545 g/mol. The number of hydrogen-bond donors (Lipinski definition) is 0. The lowest BCUT2D eigenvalue weighted by Crippen LogP contribution is -2.47. The minimum Gasteiger partial charge on any atom is -0.492 e. The number of para-hydroxylation sites is 1. The van der Waals surface area contributed by atoms with Crippen molar-refractivity contribution in [1.82, 2.24) is 19.1 Å². The minimum atomic E-state index is -3.62. The number of rotatable bonds is 9. The molecule has 190 valence electrons. The first-order valence-electron chi connectivity index (χ1n) is 11.8. The van der Waals surface area contributed by atoms with Crippen molar-refractivity contribution in [2.24, 2.45) is 5.92 Å². The van der Waals surface area contributed by atoms with Crippen molar-refractivity contribution in [3.63, 3.8) is 0 Å². The average molecular weight is 546 g/mol. The van der Waals surface area contributed by atoms with Gasteiger partial charge in [-0.25, -0.2) is 13.4 Å². The molecule has 0 bridgehead atoms.